The zero-order chi connectivity index (χ0) is 12.6. The summed E-state index contributed by atoms with van der Waals surface area (Å²) in [5, 5.41) is 3.76. The number of carbonyl (C=O) groups excluding carboxylic acids is 1. The standard InChI is InChI=1S/C13H19N3O/c1-10-12(14(2)3)13(17)16(15(10)4)11-8-6-5-7-9-11/h5-10,12H,1-4H3. The van der Waals surface area contributed by atoms with Crippen molar-refractivity contribution >= 4 is 11.6 Å². The van der Waals surface area contributed by atoms with E-state index in [1.807, 2.05) is 61.4 Å². The van der Waals surface area contributed by atoms with Crippen LogP contribution in [-0.2, 0) is 4.79 Å². The van der Waals surface area contributed by atoms with Crippen LogP contribution in [0.2, 0.25) is 0 Å². The highest BCUT2D eigenvalue weighted by Gasteiger charge is 2.44. The number of likely N-dealkylation sites (N-methyl/N-ethyl adjacent to an activating group) is 2. The molecule has 0 spiro atoms. The molecule has 0 aliphatic carbocycles. The number of hydrogen-bond donors (Lipinski definition) is 0. The molecule has 4 nitrogen and oxygen atoms in total. The summed E-state index contributed by atoms with van der Waals surface area (Å²) in [5.41, 5.74) is 0.927. The normalized spacial score (nSPS) is 25.9. The second-order valence-electron chi connectivity index (χ2n) is 4.71. The largest absolute Gasteiger partial charge is 0.297 e. The molecule has 0 saturated carbocycles. The molecule has 0 bridgehead atoms. The molecule has 1 fully saturated rings. The summed E-state index contributed by atoms with van der Waals surface area (Å²) in [5.74, 6) is 0.135. The van der Waals surface area contributed by atoms with Gasteiger partial charge in [-0.3, -0.25) is 9.69 Å². The molecule has 2 atom stereocenters. The minimum Gasteiger partial charge on any atom is -0.297 e. The number of para-hydroxylation sites is 1. The third kappa shape index (κ3) is 1.94. The van der Waals surface area contributed by atoms with E-state index >= 15 is 0 Å². The molecule has 4 heteroatoms. The minimum absolute atomic E-state index is 0.0831. The van der Waals surface area contributed by atoms with Crippen molar-refractivity contribution in [2.24, 2.45) is 0 Å². The van der Waals surface area contributed by atoms with Gasteiger partial charge in [0, 0.05) is 7.05 Å². The van der Waals surface area contributed by atoms with Gasteiger partial charge in [-0.15, -0.1) is 0 Å². The highest BCUT2D eigenvalue weighted by molar-refractivity contribution is 5.99. The van der Waals surface area contributed by atoms with Crippen LogP contribution in [0, 0.1) is 0 Å². The first kappa shape index (κ1) is 12.1. The van der Waals surface area contributed by atoms with Gasteiger partial charge in [0.1, 0.15) is 6.04 Å². The molecule has 2 unspecified atom stereocenters. The van der Waals surface area contributed by atoms with Crippen molar-refractivity contribution in [2.45, 2.75) is 19.0 Å². The molecule has 1 aromatic carbocycles. The van der Waals surface area contributed by atoms with E-state index in [2.05, 4.69) is 6.92 Å². The lowest BCUT2D eigenvalue weighted by atomic mass is 10.1. The van der Waals surface area contributed by atoms with Gasteiger partial charge in [-0.05, 0) is 33.2 Å². The van der Waals surface area contributed by atoms with E-state index in [1.165, 1.54) is 0 Å². The molecule has 1 aromatic rings. The van der Waals surface area contributed by atoms with Crippen LogP contribution < -0.4 is 5.01 Å². The molecular weight excluding hydrogens is 214 g/mol. The Hall–Kier alpha value is -1.39. The second kappa shape index (κ2) is 4.47. The van der Waals surface area contributed by atoms with E-state index in [-0.39, 0.29) is 18.0 Å². The number of carbonyl (C=O) groups is 1. The summed E-state index contributed by atoms with van der Waals surface area (Å²) in [6.07, 6.45) is 0. The first-order valence-corrected chi connectivity index (χ1v) is 5.82. The first-order valence-electron chi connectivity index (χ1n) is 5.82. The molecule has 92 valence electrons. The summed E-state index contributed by atoms with van der Waals surface area (Å²) in [4.78, 5) is 14.4. The van der Waals surface area contributed by atoms with Crippen LogP contribution in [-0.4, -0.2) is 49.0 Å². The molecule has 1 saturated heterocycles. The van der Waals surface area contributed by atoms with Crippen LogP contribution in [0.4, 0.5) is 5.69 Å². The van der Waals surface area contributed by atoms with E-state index in [0.29, 0.717) is 0 Å². The second-order valence-corrected chi connectivity index (χ2v) is 4.71. The van der Waals surface area contributed by atoms with Crippen LogP contribution >= 0.6 is 0 Å². The number of benzene rings is 1. The zero-order valence-corrected chi connectivity index (χ0v) is 10.8. The number of rotatable bonds is 2. The van der Waals surface area contributed by atoms with Crippen molar-refractivity contribution in [3.8, 4) is 0 Å². The van der Waals surface area contributed by atoms with Gasteiger partial charge < -0.3 is 0 Å². The Labute approximate surface area is 102 Å². The third-order valence-electron chi connectivity index (χ3n) is 3.38. The van der Waals surface area contributed by atoms with Gasteiger partial charge in [0.25, 0.3) is 5.91 Å². The van der Waals surface area contributed by atoms with Gasteiger partial charge in [0.15, 0.2) is 0 Å². The van der Waals surface area contributed by atoms with Crippen molar-refractivity contribution < 1.29 is 4.79 Å². The average molecular weight is 233 g/mol. The van der Waals surface area contributed by atoms with Crippen molar-refractivity contribution in [3.05, 3.63) is 30.3 Å². The molecule has 1 heterocycles. The van der Waals surface area contributed by atoms with Crippen LogP contribution in [0.5, 0.6) is 0 Å². The van der Waals surface area contributed by atoms with Gasteiger partial charge in [0.2, 0.25) is 0 Å². The SMILES string of the molecule is CC1C(N(C)C)C(=O)N(c2ccccc2)N1C. The molecule has 0 radical (unpaired) electrons. The average Bonchev–Trinajstić information content (AvgIpc) is 2.51. The maximum absolute atomic E-state index is 12.4. The highest BCUT2D eigenvalue weighted by atomic mass is 16.2. The van der Waals surface area contributed by atoms with Crippen LogP contribution in [0.25, 0.3) is 0 Å². The Balaban J connectivity index is 2.34. The number of hydrogen-bond acceptors (Lipinski definition) is 3. The Morgan fingerprint density at radius 2 is 1.76 bits per heavy atom. The van der Waals surface area contributed by atoms with Crippen molar-refractivity contribution in [1.29, 1.82) is 0 Å². The molecular formula is C13H19N3O. The number of anilines is 1. The third-order valence-corrected chi connectivity index (χ3v) is 3.38. The number of hydrazine groups is 1. The van der Waals surface area contributed by atoms with Gasteiger partial charge in [-0.25, -0.2) is 10.0 Å². The van der Waals surface area contributed by atoms with Gasteiger partial charge in [0.05, 0.1) is 11.7 Å². The molecule has 0 N–H and O–H groups in total. The topological polar surface area (TPSA) is 26.8 Å². The van der Waals surface area contributed by atoms with E-state index in [4.69, 9.17) is 0 Å². The van der Waals surface area contributed by atoms with E-state index in [9.17, 15) is 4.79 Å². The van der Waals surface area contributed by atoms with Crippen molar-refractivity contribution in [3.63, 3.8) is 0 Å². The summed E-state index contributed by atoms with van der Waals surface area (Å²) >= 11 is 0. The lowest BCUT2D eigenvalue weighted by molar-refractivity contribution is -0.121. The predicted octanol–water partition coefficient (Wildman–Crippen LogP) is 1.20. The lowest BCUT2D eigenvalue weighted by Gasteiger charge is -2.26. The summed E-state index contributed by atoms with van der Waals surface area (Å²) in [7, 11) is 5.85. The summed E-state index contributed by atoms with van der Waals surface area (Å²) < 4.78 is 0. The van der Waals surface area contributed by atoms with E-state index < -0.39 is 0 Å². The molecule has 1 aliphatic rings. The monoisotopic (exact) mass is 233 g/mol. The van der Waals surface area contributed by atoms with Gasteiger partial charge >= 0.3 is 0 Å². The Morgan fingerprint density at radius 3 is 2.24 bits per heavy atom. The van der Waals surface area contributed by atoms with Crippen molar-refractivity contribution in [1.82, 2.24) is 9.91 Å². The molecule has 17 heavy (non-hydrogen) atoms. The van der Waals surface area contributed by atoms with Crippen LogP contribution in [0.3, 0.4) is 0 Å². The fourth-order valence-corrected chi connectivity index (χ4v) is 2.40. The van der Waals surface area contributed by atoms with Crippen LogP contribution in [0.15, 0.2) is 30.3 Å². The summed E-state index contributed by atoms with van der Waals surface area (Å²) in [6.45, 7) is 2.07. The van der Waals surface area contributed by atoms with E-state index in [1.54, 1.807) is 5.01 Å². The van der Waals surface area contributed by atoms with Crippen molar-refractivity contribution in [2.75, 3.05) is 26.2 Å². The molecule has 1 aliphatic heterocycles. The fraction of sp³-hybridized carbons (Fsp3) is 0.462. The molecule has 1 amide bonds. The summed E-state index contributed by atoms with van der Waals surface area (Å²) in [6, 6.07) is 9.86. The van der Waals surface area contributed by atoms with Crippen LogP contribution in [0.1, 0.15) is 6.92 Å². The Bertz CT molecular complexity index is 404. The maximum atomic E-state index is 12.4. The lowest BCUT2D eigenvalue weighted by Crippen LogP contribution is -2.41. The maximum Gasteiger partial charge on any atom is 0.260 e. The zero-order valence-electron chi connectivity index (χ0n) is 10.8. The molecule has 2 rings (SSSR count). The minimum atomic E-state index is -0.0831. The predicted molar refractivity (Wildman–Crippen MR) is 68.6 cm³/mol. The molecule has 0 aromatic heterocycles. The smallest absolute Gasteiger partial charge is 0.260 e. The number of nitrogens with zero attached hydrogens (tertiary/aromatic N) is 3. The highest BCUT2D eigenvalue weighted by Crippen LogP contribution is 2.27. The quantitative estimate of drug-likeness (QED) is 0.768. The van der Waals surface area contributed by atoms with E-state index in [0.717, 1.165) is 5.69 Å². The number of amides is 1. The van der Waals surface area contributed by atoms with Gasteiger partial charge in [-0.1, -0.05) is 18.2 Å². The van der Waals surface area contributed by atoms with Gasteiger partial charge in [-0.2, -0.15) is 0 Å². The Morgan fingerprint density at radius 1 is 1.18 bits per heavy atom. The fourth-order valence-electron chi connectivity index (χ4n) is 2.40. The first-order chi connectivity index (χ1) is 8.04. The Kier molecular flexibility index (Phi) is 3.17.